The van der Waals surface area contributed by atoms with Crippen molar-refractivity contribution in [2.75, 3.05) is 0 Å². The number of thiophene rings is 3. The van der Waals surface area contributed by atoms with Crippen molar-refractivity contribution in [1.82, 2.24) is 15.0 Å². The second-order valence-corrected chi connectivity index (χ2v) is 26.5. The summed E-state index contributed by atoms with van der Waals surface area (Å²) in [5, 5.41) is 44.1. The zero-order chi connectivity index (χ0) is 70.0. The molecule has 0 spiro atoms. The fourth-order valence-corrected chi connectivity index (χ4v) is 15.7. The maximum Gasteiger partial charge on any atom is 0.299 e. The number of hydrogen-bond acceptors (Lipinski definition) is 20. The minimum absolute atomic E-state index is 0.0558. The Morgan fingerprint density at radius 2 is 0.760 bits per heavy atom. The van der Waals surface area contributed by atoms with Crippen molar-refractivity contribution in [3.63, 3.8) is 0 Å². The zero-order valence-electron chi connectivity index (χ0n) is 52.3. The van der Waals surface area contributed by atoms with Crippen molar-refractivity contribution in [2.45, 2.75) is 20.8 Å². The fourth-order valence-electron chi connectivity index (χ4n) is 11.3. The first-order valence-corrected chi connectivity index (χ1v) is 33.4. The van der Waals surface area contributed by atoms with Crippen LogP contribution < -0.4 is 9.47 Å². The number of fused-ring (bicyclic) bond motifs is 3. The van der Waals surface area contributed by atoms with Gasteiger partial charge in [-0.15, -0.1) is 45.3 Å². The van der Waals surface area contributed by atoms with Crippen LogP contribution in [0.4, 0.5) is 13.2 Å². The van der Waals surface area contributed by atoms with E-state index in [2.05, 4.69) is 19.7 Å². The maximum atomic E-state index is 13.6. The second-order valence-electron chi connectivity index (χ2n) is 22.5. The first-order chi connectivity index (χ1) is 48.3. The number of thiazole rings is 1. The predicted octanol–water partition coefficient (Wildman–Crippen LogP) is 19.1. The molecule has 6 heterocycles. The third kappa shape index (κ3) is 13.6. The number of carbonyl (C=O) groups is 5. The quantitative estimate of drug-likeness (QED) is 0.0518. The number of ether oxygens (including phenoxy) is 2. The van der Waals surface area contributed by atoms with E-state index in [-0.39, 0.29) is 70.5 Å². The lowest BCUT2D eigenvalue weighted by Crippen LogP contribution is -2.03. The van der Waals surface area contributed by atoms with Gasteiger partial charge in [-0.2, -0.15) is 9.97 Å². The molecule has 0 fully saturated rings. The number of phenols is 3. The van der Waals surface area contributed by atoms with Crippen molar-refractivity contribution in [2.24, 2.45) is 0 Å². The summed E-state index contributed by atoms with van der Waals surface area (Å²) in [5.41, 5.74) is 9.71. The summed E-state index contributed by atoms with van der Waals surface area (Å²) in [6.45, 7) is 5.72. The normalized spacial score (nSPS) is 11.1. The topological polar surface area (TPSA) is 250 Å². The number of aromatic nitrogens is 3. The van der Waals surface area contributed by atoms with Gasteiger partial charge in [0.2, 0.25) is 35.0 Å². The van der Waals surface area contributed by atoms with Gasteiger partial charge in [0, 0.05) is 80.3 Å². The lowest BCUT2D eigenvalue weighted by molar-refractivity contribution is -0.121. The molecule has 0 atom stereocenters. The number of ketones is 3. The molecule has 0 radical (unpaired) electrons. The van der Waals surface area contributed by atoms with Crippen LogP contribution in [0.5, 0.6) is 34.9 Å². The van der Waals surface area contributed by atoms with Crippen LogP contribution in [0, 0.1) is 38.2 Å². The molecular formula is C77H48F3N3O13S4. The molecule has 494 valence electrons. The molecule has 0 aliphatic rings. The third-order valence-electron chi connectivity index (χ3n) is 16.0. The Labute approximate surface area is 581 Å². The Hall–Kier alpha value is -12.2. The first kappa shape index (κ1) is 66.5. The molecule has 4 N–H and O–H groups in total. The predicted molar refractivity (Wildman–Crippen MR) is 378 cm³/mol. The van der Waals surface area contributed by atoms with Crippen LogP contribution in [-0.4, -0.2) is 65.7 Å². The van der Waals surface area contributed by atoms with Crippen molar-refractivity contribution < 1.29 is 75.9 Å². The van der Waals surface area contributed by atoms with E-state index in [9.17, 15) is 57.6 Å². The van der Waals surface area contributed by atoms with E-state index in [1.807, 2.05) is 48.5 Å². The summed E-state index contributed by atoms with van der Waals surface area (Å²) in [4.78, 5) is 75.4. The van der Waals surface area contributed by atoms with Crippen LogP contribution >= 0.6 is 45.3 Å². The highest BCUT2D eigenvalue weighted by Crippen LogP contribution is 2.46. The molecule has 0 bridgehead atoms. The minimum Gasteiger partial charge on any atom is -0.508 e. The SMILES string of the molecule is Cc1cc(F)ccc1C(=O)c1sc2cc(O)ccc2c1-c1ccc(-c2nc(O)co2)cc1.Cc1cc(F)ccc1C(=O)c1sc2cc(O)ccc2c1-c1ccc(-c2nc(OC=O)co2)cc1.Cc1cc(F)ccc1C(=O)c1sc2cc(O)ccc2c1-c1ccc(-c2nc(OC=O)cs2)cc1. The van der Waals surface area contributed by atoms with Crippen LogP contribution in [0.15, 0.2) is 209 Å². The van der Waals surface area contributed by atoms with Gasteiger partial charge >= 0.3 is 0 Å². The Kier molecular flexibility index (Phi) is 18.7. The molecule has 0 saturated carbocycles. The largest absolute Gasteiger partial charge is 0.508 e. The molecule has 0 unspecified atom stereocenters. The van der Waals surface area contributed by atoms with E-state index >= 15 is 0 Å². The lowest BCUT2D eigenvalue weighted by atomic mass is 9.96. The standard InChI is InChI=1S/C26H16FNO5S.C26H16FNO4S2.C25H16FNO4S/c1-14-10-17(27)6-8-19(14)24(31)25-23(20-9-7-18(30)11-21(20)34-25)15-2-4-16(5-3-15)26-28-22(12-32-26)33-13-29;1-14-10-17(27)6-8-19(14)24(31)25-23(20-9-7-18(30)11-21(20)34-25)15-2-4-16(5-3-15)26-28-22(12-33-26)32-13-29;1-13-10-16(26)6-8-18(13)23(30)24-22(19-9-7-17(28)11-20(19)32-24)14-2-4-15(5-3-14)25-27-21(29)12-31-25/h2*2-13,30H,1H3;2-12,28-29H,1H3. The van der Waals surface area contributed by atoms with E-state index in [1.165, 1.54) is 106 Å². The van der Waals surface area contributed by atoms with Gasteiger partial charge in [-0.1, -0.05) is 48.5 Å². The average molecular weight is 1410 g/mol. The Morgan fingerprint density at radius 3 is 1.12 bits per heavy atom. The number of aryl methyl sites for hydroxylation is 3. The summed E-state index contributed by atoms with van der Waals surface area (Å²) in [6.07, 6.45) is 2.39. The van der Waals surface area contributed by atoms with Crippen molar-refractivity contribution >= 4 is 106 Å². The molecule has 16 nitrogen and oxygen atoms in total. The number of phenolic OH excluding ortho intramolecular Hbond substituents is 3. The molecule has 9 aromatic carbocycles. The number of hydrogen-bond donors (Lipinski definition) is 4. The van der Waals surface area contributed by atoms with Crippen LogP contribution in [0.1, 0.15) is 62.4 Å². The Bertz CT molecular complexity index is 5460. The summed E-state index contributed by atoms with van der Waals surface area (Å²) in [6, 6.07) is 49.4. The van der Waals surface area contributed by atoms with E-state index in [0.29, 0.717) is 70.6 Å². The molecule has 23 heteroatoms. The summed E-state index contributed by atoms with van der Waals surface area (Å²) < 4.78 is 63.2. The molecule has 0 aliphatic carbocycles. The summed E-state index contributed by atoms with van der Waals surface area (Å²) >= 11 is 5.21. The van der Waals surface area contributed by atoms with E-state index in [0.717, 1.165) is 75.5 Å². The molecule has 0 saturated heterocycles. The van der Waals surface area contributed by atoms with Crippen molar-refractivity contribution in [1.29, 1.82) is 0 Å². The lowest BCUT2D eigenvalue weighted by Gasteiger charge is -2.08. The van der Waals surface area contributed by atoms with Gasteiger partial charge < -0.3 is 38.7 Å². The van der Waals surface area contributed by atoms with Gasteiger partial charge in [0.1, 0.15) is 39.7 Å². The van der Waals surface area contributed by atoms with Crippen LogP contribution in [-0.2, 0) is 9.59 Å². The maximum absolute atomic E-state index is 13.6. The smallest absolute Gasteiger partial charge is 0.299 e. The number of nitrogens with zero attached hydrogens (tertiary/aromatic N) is 3. The van der Waals surface area contributed by atoms with Gasteiger partial charge in [-0.25, -0.2) is 18.2 Å². The van der Waals surface area contributed by atoms with Gasteiger partial charge in [0.05, 0.1) is 20.0 Å². The van der Waals surface area contributed by atoms with Crippen molar-refractivity contribution in [3.05, 3.63) is 265 Å². The first-order valence-electron chi connectivity index (χ1n) is 30.1. The monoisotopic (exact) mass is 1410 g/mol. The van der Waals surface area contributed by atoms with Gasteiger partial charge in [-0.3, -0.25) is 24.0 Å². The Morgan fingerprint density at radius 1 is 0.410 bits per heavy atom. The van der Waals surface area contributed by atoms with Gasteiger partial charge in [-0.05, 0) is 188 Å². The third-order valence-corrected chi connectivity index (χ3v) is 20.3. The molecule has 100 heavy (non-hydrogen) atoms. The minimum atomic E-state index is -0.403. The summed E-state index contributed by atoms with van der Waals surface area (Å²) in [5.74, 6) is -0.831. The number of carbonyl (C=O) groups excluding carboxylic acids is 5. The number of aromatic hydroxyl groups is 4. The summed E-state index contributed by atoms with van der Waals surface area (Å²) in [7, 11) is 0. The van der Waals surface area contributed by atoms with Crippen LogP contribution in [0.3, 0.4) is 0 Å². The zero-order valence-corrected chi connectivity index (χ0v) is 55.5. The highest BCUT2D eigenvalue weighted by molar-refractivity contribution is 7.22. The van der Waals surface area contributed by atoms with E-state index in [1.54, 1.807) is 105 Å². The molecule has 6 aromatic heterocycles. The molecule has 15 rings (SSSR count). The number of oxazole rings is 2. The number of rotatable bonds is 16. The van der Waals surface area contributed by atoms with Crippen LogP contribution in [0.2, 0.25) is 0 Å². The Balaban J connectivity index is 0.000000134. The van der Waals surface area contributed by atoms with Crippen LogP contribution in [0.25, 0.3) is 97.1 Å². The molecule has 0 amide bonds. The highest BCUT2D eigenvalue weighted by atomic mass is 32.1. The van der Waals surface area contributed by atoms with E-state index < -0.39 is 17.5 Å². The van der Waals surface area contributed by atoms with Gasteiger partial charge in [0.15, 0.2) is 12.5 Å². The van der Waals surface area contributed by atoms with Crippen molar-refractivity contribution in [3.8, 4) is 102 Å². The van der Waals surface area contributed by atoms with Gasteiger partial charge in [0.25, 0.3) is 24.7 Å². The highest BCUT2D eigenvalue weighted by Gasteiger charge is 2.27. The average Bonchev–Trinajstić information content (AvgIpc) is 1.46. The fraction of sp³-hybridized carbons (Fsp3) is 0.0390. The number of halogens is 3. The number of benzene rings is 9. The molecule has 15 aromatic rings. The van der Waals surface area contributed by atoms with E-state index in [4.69, 9.17) is 13.6 Å². The molecular weight excluding hydrogens is 1360 g/mol. The second kappa shape index (κ2) is 28.1. The molecule has 0 aliphatic heterocycles.